The zero-order valence-corrected chi connectivity index (χ0v) is 23.1. The van der Waals surface area contributed by atoms with Gasteiger partial charge in [0.1, 0.15) is 12.1 Å². The van der Waals surface area contributed by atoms with E-state index in [4.69, 9.17) is 0 Å². The molecule has 0 radical (unpaired) electrons. The highest BCUT2D eigenvalue weighted by Crippen LogP contribution is 2.16. The number of hydrogen-bond acceptors (Lipinski definition) is 5. The van der Waals surface area contributed by atoms with Gasteiger partial charge in [-0.15, -0.1) is 0 Å². The van der Waals surface area contributed by atoms with E-state index in [0.29, 0.717) is 25.8 Å². The van der Waals surface area contributed by atoms with Gasteiger partial charge in [0.2, 0.25) is 6.41 Å². The molecule has 2 rings (SSSR count). The predicted octanol–water partition coefficient (Wildman–Crippen LogP) is 5.26. The SMILES string of the molecule is CC(=O)C(C)CCC=O.CC(C)CN1CCC(C)CC1.CCc1cc(CNC=O)ccc1C(C)=O. The fourth-order valence-electron chi connectivity index (χ4n) is 3.83. The molecule has 1 fully saturated rings. The summed E-state index contributed by atoms with van der Waals surface area (Å²) in [4.78, 5) is 44.4. The van der Waals surface area contributed by atoms with Gasteiger partial charge in [-0.25, -0.2) is 0 Å². The van der Waals surface area contributed by atoms with Crippen LogP contribution in [0.15, 0.2) is 18.2 Å². The topological polar surface area (TPSA) is 83.6 Å². The van der Waals surface area contributed by atoms with Crippen LogP contribution in [-0.4, -0.2) is 48.8 Å². The molecular formula is C29H48N2O4. The van der Waals surface area contributed by atoms with Crippen molar-refractivity contribution in [1.29, 1.82) is 0 Å². The Labute approximate surface area is 213 Å². The number of aryl methyl sites for hydroxylation is 1. The average molecular weight is 489 g/mol. The first-order chi connectivity index (χ1) is 16.5. The third-order valence-corrected chi connectivity index (χ3v) is 6.23. The number of rotatable bonds is 11. The van der Waals surface area contributed by atoms with Crippen molar-refractivity contribution in [1.82, 2.24) is 10.2 Å². The van der Waals surface area contributed by atoms with E-state index in [9.17, 15) is 19.2 Å². The normalized spacial score (nSPS) is 14.6. The van der Waals surface area contributed by atoms with E-state index in [1.807, 2.05) is 32.0 Å². The molecule has 1 saturated heterocycles. The van der Waals surface area contributed by atoms with Crippen LogP contribution in [0.25, 0.3) is 0 Å². The summed E-state index contributed by atoms with van der Waals surface area (Å²) in [6, 6.07) is 5.66. The van der Waals surface area contributed by atoms with Crippen LogP contribution >= 0.6 is 0 Å². The first-order valence-corrected chi connectivity index (χ1v) is 13.0. The maximum absolute atomic E-state index is 11.3. The molecule has 0 spiro atoms. The molecule has 1 atom stereocenters. The Morgan fingerprint density at radius 3 is 2.20 bits per heavy atom. The summed E-state index contributed by atoms with van der Waals surface area (Å²) in [6.07, 6.45) is 6.35. The summed E-state index contributed by atoms with van der Waals surface area (Å²) in [7, 11) is 0. The highest BCUT2D eigenvalue weighted by atomic mass is 16.1. The molecule has 1 aromatic carbocycles. The summed E-state index contributed by atoms with van der Waals surface area (Å²) in [5.41, 5.74) is 2.82. The van der Waals surface area contributed by atoms with Crippen molar-refractivity contribution in [2.75, 3.05) is 19.6 Å². The van der Waals surface area contributed by atoms with Gasteiger partial charge in [0.25, 0.3) is 0 Å². The van der Waals surface area contributed by atoms with Crippen LogP contribution in [0.3, 0.4) is 0 Å². The van der Waals surface area contributed by atoms with Crippen LogP contribution in [-0.2, 0) is 27.3 Å². The van der Waals surface area contributed by atoms with Gasteiger partial charge in [0, 0.05) is 31.0 Å². The number of likely N-dealkylation sites (tertiary alicyclic amines) is 1. The Kier molecular flexibility index (Phi) is 17.7. The van der Waals surface area contributed by atoms with Gasteiger partial charge in [-0.2, -0.15) is 0 Å². The van der Waals surface area contributed by atoms with Crippen molar-refractivity contribution in [3.63, 3.8) is 0 Å². The highest BCUT2D eigenvalue weighted by molar-refractivity contribution is 5.95. The summed E-state index contributed by atoms with van der Waals surface area (Å²) < 4.78 is 0. The molecule has 1 aliphatic rings. The van der Waals surface area contributed by atoms with E-state index in [0.717, 1.165) is 41.2 Å². The molecule has 6 nitrogen and oxygen atoms in total. The van der Waals surface area contributed by atoms with Crippen molar-refractivity contribution in [2.45, 2.75) is 87.1 Å². The van der Waals surface area contributed by atoms with Crippen molar-refractivity contribution in [3.8, 4) is 0 Å². The van der Waals surface area contributed by atoms with Crippen molar-refractivity contribution >= 4 is 24.3 Å². The third kappa shape index (κ3) is 15.3. The smallest absolute Gasteiger partial charge is 0.207 e. The van der Waals surface area contributed by atoms with E-state index >= 15 is 0 Å². The van der Waals surface area contributed by atoms with Gasteiger partial charge in [-0.3, -0.25) is 14.4 Å². The van der Waals surface area contributed by atoms with Crippen LogP contribution in [0.5, 0.6) is 0 Å². The molecule has 6 heteroatoms. The standard InChI is InChI=1S/C12H15NO2.C10H21N.C7H12O2/c1-3-11-6-10(7-13-8-14)4-5-12(11)9(2)15;1-9(2)8-11-6-4-10(3)5-7-11;1-6(7(2)9)4-3-5-8/h4-6,8H,3,7H2,1-2H3,(H,13,14);9-10H,4-8H2,1-3H3;5-6H,3-4H2,1-2H3. The van der Waals surface area contributed by atoms with Crippen molar-refractivity contribution in [2.24, 2.45) is 17.8 Å². The lowest BCUT2D eigenvalue weighted by atomic mass is 9.98. The number of ketones is 2. The number of nitrogens with zero attached hydrogens (tertiary/aromatic N) is 1. The molecule has 1 N–H and O–H groups in total. The van der Waals surface area contributed by atoms with Crippen LogP contribution < -0.4 is 5.32 Å². The predicted molar refractivity (Wildman–Crippen MR) is 144 cm³/mol. The van der Waals surface area contributed by atoms with Crippen molar-refractivity contribution in [3.05, 3.63) is 34.9 Å². The Balaban J connectivity index is 0.000000515. The molecule has 35 heavy (non-hydrogen) atoms. The first kappa shape index (κ1) is 32.7. The van der Waals surface area contributed by atoms with Crippen LogP contribution in [0.2, 0.25) is 0 Å². The monoisotopic (exact) mass is 488 g/mol. The quantitative estimate of drug-likeness (QED) is 0.339. The Bertz CT molecular complexity index is 768. The van der Waals surface area contributed by atoms with Gasteiger partial charge in [-0.05, 0) is 75.6 Å². The molecule has 0 aliphatic carbocycles. The summed E-state index contributed by atoms with van der Waals surface area (Å²) >= 11 is 0. The number of benzene rings is 1. The van der Waals surface area contributed by atoms with Gasteiger partial charge < -0.3 is 15.0 Å². The second-order valence-corrected chi connectivity index (χ2v) is 10.0. The zero-order chi connectivity index (χ0) is 26.8. The number of piperidine rings is 1. The largest absolute Gasteiger partial charge is 0.355 e. The Hall–Kier alpha value is -2.34. The van der Waals surface area contributed by atoms with E-state index in [2.05, 4.69) is 31.0 Å². The van der Waals surface area contributed by atoms with Crippen LogP contribution in [0.1, 0.15) is 95.6 Å². The maximum atomic E-state index is 11.3. The summed E-state index contributed by atoms with van der Waals surface area (Å²) in [5.74, 6) is 2.11. The minimum Gasteiger partial charge on any atom is -0.355 e. The fourth-order valence-corrected chi connectivity index (χ4v) is 3.83. The van der Waals surface area contributed by atoms with Gasteiger partial charge >= 0.3 is 0 Å². The molecule has 0 aromatic heterocycles. The number of amides is 1. The minimum absolute atomic E-state index is 0.0511. The molecule has 1 unspecified atom stereocenters. The molecular weight excluding hydrogens is 440 g/mol. The molecule has 198 valence electrons. The van der Waals surface area contributed by atoms with Gasteiger partial charge in [-0.1, -0.05) is 52.8 Å². The molecule has 1 aromatic rings. The number of nitrogens with one attached hydrogen (secondary N) is 1. The molecule has 0 bridgehead atoms. The molecule has 1 heterocycles. The van der Waals surface area contributed by atoms with E-state index in [1.165, 1.54) is 32.5 Å². The number of aldehydes is 1. The minimum atomic E-state index is 0.0511. The number of carbonyl (C=O) groups excluding carboxylic acids is 4. The first-order valence-electron chi connectivity index (χ1n) is 13.0. The lowest BCUT2D eigenvalue weighted by Crippen LogP contribution is -2.35. The lowest BCUT2D eigenvalue weighted by molar-refractivity contribution is -0.120. The Morgan fingerprint density at radius 2 is 1.74 bits per heavy atom. The second kappa shape index (κ2) is 18.9. The number of carbonyl (C=O) groups is 4. The van der Waals surface area contributed by atoms with Gasteiger partial charge in [0.15, 0.2) is 5.78 Å². The molecule has 1 aliphatic heterocycles. The zero-order valence-electron chi connectivity index (χ0n) is 23.1. The molecule has 0 saturated carbocycles. The summed E-state index contributed by atoms with van der Waals surface area (Å²) in [6.45, 7) is 18.4. The van der Waals surface area contributed by atoms with Crippen LogP contribution in [0.4, 0.5) is 0 Å². The van der Waals surface area contributed by atoms with Crippen molar-refractivity contribution < 1.29 is 19.2 Å². The lowest BCUT2D eigenvalue weighted by Gasteiger charge is -2.31. The fraction of sp³-hybridized carbons (Fsp3) is 0.655. The second-order valence-electron chi connectivity index (χ2n) is 10.0. The molecule has 1 amide bonds. The average Bonchev–Trinajstić information content (AvgIpc) is 2.82. The van der Waals surface area contributed by atoms with Gasteiger partial charge in [0.05, 0.1) is 0 Å². The van der Waals surface area contributed by atoms with E-state index in [-0.39, 0.29) is 17.5 Å². The van der Waals surface area contributed by atoms with E-state index in [1.54, 1.807) is 13.8 Å². The third-order valence-electron chi connectivity index (χ3n) is 6.23. The Morgan fingerprint density at radius 1 is 1.11 bits per heavy atom. The number of hydrogen-bond donors (Lipinski definition) is 1. The van der Waals surface area contributed by atoms with E-state index < -0.39 is 0 Å². The highest BCUT2D eigenvalue weighted by Gasteiger charge is 2.15. The van der Waals surface area contributed by atoms with Crippen LogP contribution in [0, 0.1) is 17.8 Å². The number of Topliss-reactive ketones (excluding diaryl/α,β-unsaturated/α-hetero) is 2. The summed E-state index contributed by atoms with van der Waals surface area (Å²) in [5, 5.41) is 2.60. The maximum Gasteiger partial charge on any atom is 0.207 e.